The van der Waals surface area contributed by atoms with Crippen LogP contribution >= 0.6 is 23.2 Å². The third kappa shape index (κ3) is 8.25. The average molecular weight is 453 g/mol. The van der Waals surface area contributed by atoms with Gasteiger partial charge in [0.15, 0.2) is 0 Å². The van der Waals surface area contributed by atoms with Gasteiger partial charge in [-0.05, 0) is 17.7 Å². The molecule has 0 spiro atoms. The number of aliphatic hydroxyl groups is 5. The SMILES string of the molecule is CN(C[C@@H](O)[C@H](O)[C@H](O)[C@H](O)CO)C(=O)Cc1ccc(N(CCCl)CCCl)cc1. The number of carbonyl (C=O) groups is 1. The summed E-state index contributed by atoms with van der Waals surface area (Å²) >= 11 is 11.6. The van der Waals surface area contributed by atoms with Crippen molar-refractivity contribution in [3.05, 3.63) is 29.8 Å². The van der Waals surface area contributed by atoms with Crippen LogP contribution in [-0.4, -0.2) is 106 Å². The fourth-order valence-corrected chi connectivity index (χ4v) is 3.17. The van der Waals surface area contributed by atoms with Crippen LogP contribution in [0.3, 0.4) is 0 Å². The van der Waals surface area contributed by atoms with Gasteiger partial charge in [0, 0.05) is 44.1 Å². The van der Waals surface area contributed by atoms with Gasteiger partial charge in [-0.2, -0.15) is 0 Å². The molecule has 166 valence electrons. The van der Waals surface area contributed by atoms with Crippen LogP contribution in [0, 0.1) is 0 Å². The first-order valence-corrected chi connectivity index (χ1v) is 10.3. The van der Waals surface area contributed by atoms with Crippen molar-refractivity contribution in [3.8, 4) is 0 Å². The van der Waals surface area contributed by atoms with E-state index < -0.39 is 31.0 Å². The highest BCUT2D eigenvalue weighted by Gasteiger charge is 2.31. The first kappa shape index (κ1) is 25.9. The van der Waals surface area contributed by atoms with E-state index >= 15 is 0 Å². The second kappa shape index (κ2) is 13.2. The van der Waals surface area contributed by atoms with Crippen LogP contribution in [0.2, 0.25) is 0 Å². The summed E-state index contributed by atoms with van der Waals surface area (Å²) in [5.41, 5.74) is 1.72. The second-order valence-electron chi connectivity index (χ2n) is 6.78. The highest BCUT2D eigenvalue weighted by atomic mass is 35.5. The fraction of sp³-hybridized carbons (Fsp3) is 0.632. The van der Waals surface area contributed by atoms with Gasteiger partial charge in [0.1, 0.15) is 24.4 Å². The molecule has 0 saturated carbocycles. The van der Waals surface area contributed by atoms with Crippen molar-refractivity contribution in [2.45, 2.75) is 30.8 Å². The van der Waals surface area contributed by atoms with Crippen molar-refractivity contribution < 1.29 is 30.3 Å². The number of alkyl halides is 2. The van der Waals surface area contributed by atoms with Gasteiger partial charge in [0.05, 0.1) is 13.0 Å². The summed E-state index contributed by atoms with van der Waals surface area (Å²) in [5, 5.41) is 47.6. The largest absolute Gasteiger partial charge is 0.394 e. The van der Waals surface area contributed by atoms with E-state index in [2.05, 4.69) is 0 Å². The molecule has 0 aliphatic carbocycles. The van der Waals surface area contributed by atoms with Gasteiger partial charge in [-0.25, -0.2) is 0 Å². The summed E-state index contributed by atoms with van der Waals surface area (Å²) in [6.45, 7) is 0.314. The summed E-state index contributed by atoms with van der Waals surface area (Å²) in [4.78, 5) is 15.7. The number of hydrogen-bond donors (Lipinski definition) is 5. The lowest BCUT2D eigenvalue weighted by atomic mass is 10.0. The van der Waals surface area contributed by atoms with Crippen LogP contribution in [0.5, 0.6) is 0 Å². The smallest absolute Gasteiger partial charge is 0.226 e. The molecule has 0 radical (unpaired) electrons. The maximum atomic E-state index is 12.4. The molecule has 1 rings (SSSR count). The van der Waals surface area contributed by atoms with Gasteiger partial charge >= 0.3 is 0 Å². The van der Waals surface area contributed by atoms with E-state index in [0.717, 1.165) is 11.3 Å². The number of carbonyl (C=O) groups excluding carboxylic acids is 1. The Bertz CT molecular complexity index is 601. The number of nitrogens with zero attached hydrogens (tertiary/aromatic N) is 2. The van der Waals surface area contributed by atoms with Gasteiger partial charge in [-0.1, -0.05) is 12.1 Å². The monoisotopic (exact) mass is 452 g/mol. The first-order chi connectivity index (χ1) is 13.7. The number of amides is 1. The lowest BCUT2D eigenvalue weighted by molar-refractivity contribution is -0.137. The van der Waals surface area contributed by atoms with Crippen LogP contribution < -0.4 is 4.90 Å². The fourth-order valence-electron chi connectivity index (χ4n) is 2.76. The summed E-state index contributed by atoms with van der Waals surface area (Å²) in [6, 6.07) is 7.41. The van der Waals surface area contributed by atoms with Crippen LogP contribution in [0.1, 0.15) is 5.56 Å². The Kier molecular flexibility index (Phi) is 11.8. The Balaban J connectivity index is 2.64. The Morgan fingerprint density at radius 2 is 1.48 bits per heavy atom. The van der Waals surface area contributed by atoms with Gasteiger partial charge in [-0.3, -0.25) is 4.79 Å². The van der Waals surface area contributed by atoms with Crippen LogP contribution in [0.25, 0.3) is 0 Å². The normalized spacial score (nSPS) is 15.4. The molecule has 0 bridgehead atoms. The van der Waals surface area contributed by atoms with Gasteiger partial charge in [0.25, 0.3) is 0 Å². The number of rotatable bonds is 13. The van der Waals surface area contributed by atoms with Gasteiger partial charge < -0.3 is 35.3 Å². The molecule has 0 heterocycles. The molecule has 8 nitrogen and oxygen atoms in total. The number of aliphatic hydroxyl groups excluding tert-OH is 5. The molecular formula is C19H30Cl2N2O6. The lowest BCUT2D eigenvalue weighted by Gasteiger charge is -2.28. The van der Waals surface area contributed by atoms with Crippen molar-refractivity contribution in [1.29, 1.82) is 0 Å². The highest BCUT2D eigenvalue weighted by Crippen LogP contribution is 2.16. The molecule has 29 heavy (non-hydrogen) atoms. The van der Waals surface area contributed by atoms with Gasteiger partial charge in [-0.15, -0.1) is 23.2 Å². The average Bonchev–Trinajstić information content (AvgIpc) is 2.72. The van der Waals surface area contributed by atoms with E-state index in [4.69, 9.17) is 28.3 Å². The van der Waals surface area contributed by atoms with Crippen molar-refractivity contribution in [2.75, 3.05) is 49.9 Å². The quantitative estimate of drug-likeness (QED) is 0.253. The molecule has 10 heteroatoms. The number of hydrogen-bond acceptors (Lipinski definition) is 7. The first-order valence-electron chi connectivity index (χ1n) is 9.28. The zero-order valence-electron chi connectivity index (χ0n) is 16.4. The molecule has 1 amide bonds. The molecule has 1 aromatic carbocycles. The van der Waals surface area contributed by atoms with E-state index in [1.165, 1.54) is 11.9 Å². The molecule has 0 saturated heterocycles. The molecule has 5 N–H and O–H groups in total. The standard InChI is InChI=1S/C19H30Cl2N2O6/c1-22(11-15(25)18(28)19(29)16(26)12-24)17(27)10-13-2-4-14(5-3-13)23(8-6-20)9-7-21/h2-5,15-16,18-19,24-26,28-29H,6-12H2,1H3/t15-,16-,18+,19-/m1/s1. The summed E-state index contributed by atoms with van der Waals surface area (Å²) in [6.07, 6.45) is -6.41. The molecule has 0 aliphatic rings. The van der Waals surface area contributed by atoms with Crippen LogP contribution in [-0.2, 0) is 11.2 Å². The minimum atomic E-state index is -1.73. The van der Waals surface area contributed by atoms with E-state index in [-0.39, 0.29) is 18.9 Å². The number of benzene rings is 1. The second-order valence-corrected chi connectivity index (χ2v) is 7.54. The molecule has 4 atom stereocenters. The minimum absolute atomic E-state index is 0.0897. The number of anilines is 1. The maximum absolute atomic E-state index is 12.4. The van der Waals surface area contributed by atoms with Gasteiger partial charge in [0.2, 0.25) is 5.91 Å². The van der Waals surface area contributed by atoms with Crippen LogP contribution in [0.4, 0.5) is 5.69 Å². The summed E-state index contributed by atoms with van der Waals surface area (Å²) < 4.78 is 0. The third-order valence-corrected chi connectivity index (χ3v) is 4.92. The Morgan fingerprint density at radius 1 is 0.966 bits per heavy atom. The van der Waals surface area contributed by atoms with Crippen molar-refractivity contribution >= 4 is 34.8 Å². The van der Waals surface area contributed by atoms with Crippen molar-refractivity contribution in [3.63, 3.8) is 0 Å². The Hall–Kier alpha value is -1.13. The van der Waals surface area contributed by atoms with E-state index in [1.807, 2.05) is 29.2 Å². The molecule has 0 aromatic heterocycles. The Labute approximate surface area is 180 Å². The minimum Gasteiger partial charge on any atom is -0.394 e. The lowest BCUT2D eigenvalue weighted by Crippen LogP contribution is -2.50. The maximum Gasteiger partial charge on any atom is 0.226 e. The topological polar surface area (TPSA) is 125 Å². The summed E-state index contributed by atoms with van der Waals surface area (Å²) in [5.74, 6) is 0.653. The number of halogens is 2. The number of likely N-dealkylation sites (N-methyl/N-ethyl adjacent to an activating group) is 1. The third-order valence-electron chi connectivity index (χ3n) is 4.58. The van der Waals surface area contributed by atoms with E-state index in [0.29, 0.717) is 24.8 Å². The zero-order valence-corrected chi connectivity index (χ0v) is 17.9. The molecule has 1 aromatic rings. The Morgan fingerprint density at radius 3 is 1.97 bits per heavy atom. The predicted octanol–water partition coefficient (Wildman–Crippen LogP) is -0.593. The van der Waals surface area contributed by atoms with Crippen molar-refractivity contribution in [2.24, 2.45) is 0 Å². The molecule has 0 fully saturated rings. The molecular weight excluding hydrogens is 423 g/mol. The zero-order chi connectivity index (χ0) is 22.0. The highest BCUT2D eigenvalue weighted by molar-refractivity contribution is 6.18. The molecule has 0 unspecified atom stereocenters. The summed E-state index contributed by atoms with van der Waals surface area (Å²) in [7, 11) is 1.46. The van der Waals surface area contributed by atoms with E-state index in [1.54, 1.807) is 0 Å². The van der Waals surface area contributed by atoms with Crippen LogP contribution in [0.15, 0.2) is 24.3 Å². The predicted molar refractivity (Wildman–Crippen MR) is 113 cm³/mol. The van der Waals surface area contributed by atoms with Crippen molar-refractivity contribution in [1.82, 2.24) is 4.90 Å². The van der Waals surface area contributed by atoms with E-state index in [9.17, 15) is 25.2 Å². The molecule has 0 aliphatic heterocycles.